The average Bonchev–Trinajstić information content (AvgIpc) is 3.39. The van der Waals surface area contributed by atoms with Gasteiger partial charge in [0.2, 0.25) is 5.82 Å². The summed E-state index contributed by atoms with van der Waals surface area (Å²) in [5.74, 6) is -0.625. The third kappa shape index (κ3) is 6.54. The molecule has 1 aromatic heterocycles. The molecule has 7 heteroatoms. The normalized spacial score (nSPS) is 12.2. The van der Waals surface area contributed by atoms with Gasteiger partial charge in [0.15, 0.2) is 0 Å². The summed E-state index contributed by atoms with van der Waals surface area (Å²) in [5.41, 5.74) is 5.12. The lowest BCUT2D eigenvalue weighted by Crippen LogP contribution is -2.42. The Kier molecular flexibility index (Phi) is 8.05. The number of carbonyl (C=O) groups is 2. The highest BCUT2D eigenvalue weighted by molar-refractivity contribution is 5.96. The van der Waals surface area contributed by atoms with Gasteiger partial charge < -0.3 is 14.9 Å². The number of hydrogen-bond donors (Lipinski definition) is 2. The molecular formula is C31H33N3O4. The van der Waals surface area contributed by atoms with Crippen LogP contribution in [0.2, 0.25) is 0 Å². The van der Waals surface area contributed by atoms with E-state index in [1.807, 2.05) is 48.5 Å². The minimum absolute atomic E-state index is 0.0340. The third-order valence-corrected chi connectivity index (χ3v) is 6.43. The van der Waals surface area contributed by atoms with E-state index in [1.165, 1.54) is 5.56 Å². The summed E-state index contributed by atoms with van der Waals surface area (Å²) in [6.45, 7) is 8.43. The molecule has 1 heterocycles. The summed E-state index contributed by atoms with van der Waals surface area (Å²) in [5, 5.41) is 16.5. The molecule has 4 rings (SSSR count). The number of nitrogens with zero attached hydrogens (tertiary/aromatic N) is 2. The largest absolute Gasteiger partial charge is 0.480 e. The number of carboxylic acids is 1. The van der Waals surface area contributed by atoms with Crippen molar-refractivity contribution in [3.05, 3.63) is 95.1 Å². The molecule has 1 atom stereocenters. The van der Waals surface area contributed by atoms with Gasteiger partial charge in [0.05, 0.1) is 0 Å². The van der Waals surface area contributed by atoms with Crippen LogP contribution in [0.1, 0.15) is 61.2 Å². The van der Waals surface area contributed by atoms with Crippen molar-refractivity contribution >= 4 is 11.9 Å². The Hall–Kier alpha value is -4.26. The molecule has 7 nitrogen and oxygen atoms in total. The first-order chi connectivity index (χ1) is 18.1. The van der Waals surface area contributed by atoms with Gasteiger partial charge in [0.1, 0.15) is 6.04 Å². The predicted molar refractivity (Wildman–Crippen MR) is 147 cm³/mol. The molecular weight excluding hydrogens is 478 g/mol. The van der Waals surface area contributed by atoms with Crippen molar-refractivity contribution in [3.8, 4) is 22.8 Å². The van der Waals surface area contributed by atoms with E-state index in [-0.39, 0.29) is 11.8 Å². The predicted octanol–water partition coefficient (Wildman–Crippen LogP) is 6.08. The minimum Gasteiger partial charge on any atom is -0.480 e. The lowest BCUT2D eigenvalue weighted by atomic mass is 9.86. The Bertz CT molecular complexity index is 1380. The molecule has 0 fully saturated rings. The standard InChI is InChI=1S/C31H33N3O4/c1-5-6-20-7-13-24(14-8-20)29-33-27(34-38-29)22-11-9-21(10-12-22)19-26(30(36)37)32-28(35)23-15-17-25(18-16-23)31(2,3)4/h7-18,26H,5-6,19H2,1-4H3,(H,32,35)(H,36,37). The van der Waals surface area contributed by atoms with Crippen LogP contribution in [-0.2, 0) is 23.1 Å². The van der Waals surface area contributed by atoms with Gasteiger partial charge in [-0.1, -0.05) is 87.8 Å². The lowest BCUT2D eigenvalue weighted by molar-refractivity contribution is -0.139. The molecule has 0 radical (unpaired) electrons. The van der Waals surface area contributed by atoms with Crippen LogP contribution in [0, 0.1) is 0 Å². The summed E-state index contributed by atoms with van der Waals surface area (Å²) in [6.07, 6.45) is 2.26. The molecule has 1 unspecified atom stereocenters. The Balaban J connectivity index is 1.41. The topological polar surface area (TPSA) is 105 Å². The van der Waals surface area contributed by atoms with E-state index in [2.05, 4.69) is 55.3 Å². The number of amides is 1. The number of rotatable bonds is 9. The van der Waals surface area contributed by atoms with Crippen LogP contribution in [0.5, 0.6) is 0 Å². The Morgan fingerprint density at radius 3 is 2.08 bits per heavy atom. The minimum atomic E-state index is -1.10. The first kappa shape index (κ1) is 26.8. The number of benzene rings is 3. The van der Waals surface area contributed by atoms with Gasteiger partial charge in [-0.15, -0.1) is 0 Å². The number of carbonyl (C=O) groups excluding carboxylic acids is 1. The molecule has 2 N–H and O–H groups in total. The van der Waals surface area contributed by atoms with E-state index in [4.69, 9.17) is 4.52 Å². The third-order valence-electron chi connectivity index (χ3n) is 6.43. The van der Waals surface area contributed by atoms with E-state index < -0.39 is 17.9 Å². The maximum Gasteiger partial charge on any atom is 0.326 e. The molecule has 0 saturated heterocycles. The van der Waals surface area contributed by atoms with Gasteiger partial charge in [-0.2, -0.15) is 4.98 Å². The van der Waals surface area contributed by atoms with E-state index >= 15 is 0 Å². The molecule has 0 aliphatic rings. The Labute approximate surface area is 222 Å². The summed E-state index contributed by atoms with van der Waals surface area (Å²) in [6, 6.07) is 21.5. The highest BCUT2D eigenvalue weighted by Crippen LogP contribution is 2.24. The van der Waals surface area contributed by atoms with Crippen LogP contribution >= 0.6 is 0 Å². The van der Waals surface area contributed by atoms with Crippen molar-refractivity contribution in [2.75, 3.05) is 0 Å². The monoisotopic (exact) mass is 511 g/mol. The van der Waals surface area contributed by atoms with Crippen molar-refractivity contribution in [2.45, 2.75) is 58.4 Å². The number of carboxylic acid groups (broad SMARTS) is 1. The van der Waals surface area contributed by atoms with E-state index in [0.717, 1.165) is 35.1 Å². The number of aliphatic carboxylic acids is 1. The van der Waals surface area contributed by atoms with Crippen LogP contribution < -0.4 is 5.32 Å². The SMILES string of the molecule is CCCc1ccc(-c2nc(-c3ccc(CC(NC(=O)c4ccc(C(C)(C)C)cc4)C(=O)O)cc3)no2)cc1. The fraction of sp³-hybridized carbons (Fsp3) is 0.290. The molecule has 0 bridgehead atoms. The summed E-state index contributed by atoms with van der Waals surface area (Å²) in [7, 11) is 0. The fourth-order valence-corrected chi connectivity index (χ4v) is 4.15. The number of aromatic nitrogens is 2. The van der Waals surface area contributed by atoms with Crippen molar-refractivity contribution in [3.63, 3.8) is 0 Å². The molecule has 0 aliphatic heterocycles. The van der Waals surface area contributed by atoms with Crippen LogP contribution in [0.25, 0.3) is 22.8 Å². The first-order valence-corrected chi connectivity index (χ1v) is 12.8. The fourth-order valence-electron chi connectivity index (χ4n) is 4.15. The van der Waals surface area contributed by atoms with Gasteiger partial charge in [-0.05, 0) is 52.8 Å². The maximum absolute atomic E-state index is 12.7. The second-order valence-corrected chi connectivity index (χ2v) is 10.5. The van der Waals surface area contributed by atoms with E-state index in [1.54, 1.807) is 12.1 Å². The van der Waals surface area contributed by atoms with Gasteiger partial charge in [0, 0.05) is 23.1 Å². The van der Waals surface area contributed by atoms with E-state index in [9.17, 15) is 14.7 Å². The number of hydrogen-bond acceptors (Lipinski definition) is 5. The molecule has 38 heavy (non-hydrogen) atoms. The van der Waals surface area contributed by atoms with Crippen LogP contribution in [-0.4, -0.2) is 33.2 Å². The zero-order valence-corrected chi connectivity index (χ0v) is 22.2. The first-order valence-electron chi connectivity index (χ1n) is 12.8. The zero-order valence-electron chi connectivity index (χ0n) is 22.2. The Morgan fingerprint density at radius 1 is 0.895 bits per heavy atom. The van der Waals surface area contributed by atoms with E-state index in [0.29, 0.717) is 17.3 Å². The summed E-state index contributed by atoms with van der Waals surface area (Å²) < 4.78 is 5.46. The molecule has 196 valence electrons. The van der Waals surface area contributed by atoms with Crippen LogP contribution in [0.3, 0.4) is 0 Å². The smallest absolute Gasteiger partial charge is 0.326 e. The molecule has 0 aliphatic carbocycles. The van der Waals surface area contributed by atoms with Gasteiger partial charge in [0.25, 0.3) is 11.8 Å². The maximum atomic E-state index is 12.7. The van der Waals surface area contributed by atoms with Gasteiger partial charge >= 0.3 is 5.97 Å². The number of aryl methyl sites for hydroxylation is 1. The molecule has 1 amide bonds. The van der Waals surface area contributed by atoms with Crippen molar-refractivity contribution < 1.29 is 19.2 Å². The van der Waals surface area contributed by atoms with Crippen molar-refractivity contribution in [2.24, 2.45) is 0 Å². The summed E-state index contributed by atoms with van der Waals surface area (Å²) in [4.78, 5) is 29.1. The van der Waals surface area contributed by atoms with Crippen molar-refractivity contribution in [1.29, 1.82) is 0 Å². The Morgan fingerprint density at radius 2 is 1.50 bits per heavy atom. The van der Waals surface area contributed by atoms with Crippen LogP contribution in [0.15, 0.2) is 77.3 Å². The zero-order chi connectivity index (χ0) is 27.3. The molecule has 0 spiro atoms. The van der Waals surface area contributed by atoms with Crippen LogP contribution in [0.4, 0.5) is 0 Å². The second kappa shape index (κ2) is 11.4. The number of nitrogens with one attached hydrogen (secondary N) is 1. The highest BCUT2D eigenvalue weighted by Gasteiger charge is 2.22. The average molecular weight is 512 g/mol. The highest BCUT2D eigenvalue weighted by atomic mass is 16.5. The lowest BCUT2D eigenvalue weighted by Gasteiger charge is -2.19. The van der Waals surface area contributed by atoms with Gasteiger partial charge in [-0.25, -0.2) is 4.79 Å². The quantitative estimate of drug-likeness (QED) is 0.282. The van der Waals surface area contributed by atoms with Gasteiger partial charge in [-0.3, -0.25) is 4.79 Å². The second-order valence-electron chi connectivity index (χ2n) is 10.5. The molecule has 0 saturated carbocycles. The molecule has 4 aromatic rings. The van der Waals surface area contributed by atoms with Crippen molar-refractivity contribution in [1.82, 2.24) is 15.5 Å². The molecule has 3 aromatic carbocycles. The summed E-state index contributed by atoms with van der Waals surface area (Å²) >= 11 is 0.